The SMILES string of the molecule is CC(C)(C)c1cc(CN2CCCCC2c2n[nH]c(=O)[nH]2)no1. The first kappa shape index (κ1) is 15.0. The predicted molar refractivity (Wildman–Crippen MR) is 81.4 cm³/mol. The summed E-state index contributed by atoms with van der Waals surface area (Å²) in [6.45, 7) is 8.00. The van der Waals surface area contributed by atoms with Gasteiger partial charge in [0.25, 0.3) is 0 Å². The van der Waals surface area contributed by atoms with Crippen molar-refractivity contribution in [3.05, 3.63) is 33.8 Å². The van der Waals surface area contributed by atoms with Crippen LogP contribution in [0.3, 0.4) is 0 Å². The molecule has 1 aliphatic heterocycles. The fraction of sp³-hybridized carbons (Fsp3) is 0.667. The molecule has 3 rings (SSSR count). The first-order chi connectivity index (χ1) is 10.4. The van der Waals surface area contributed by atoms with Crippen LogP contribution in [0, 0.1) is 0 Å². The Balaban J connectivity index is 1.77. The Kier molecular flexibility index (Phi) is 3.90. The number of aromatic amines is 2. The van der Waals surface area contributed by atoms with Crippen LogP contribution in [-0.4, -0.2) is 31.8 Å². The lowest BCUT2D eigenvalue weighted by Gasteiger charge is -2.33. The van der Waals surface area contributed by atoms with Gasteiger partial charge in [0.1, 0.15) is 11.6 Å². The van der Waals surface area contributed by atoms with Crippen LogP contribution in [0.2, 0.25) is 0 Å². The summed E-state index contributed by atoms with van der Waals surface area (Å²) in [6.07, 6.45) is 3.28. The third kappa shape index (κ3) is 3.14. The van der Waals surface area contributed by atoms with Crippen LogP contribution in [0.25, 0.3) is 0 Å². The van der Waals surface area contributed by atoms with Gasteiger partial charge in [0.15, 0.2) is 0 Å². The average Bonchev–Trinajstić information content (AvgIpc) is 3.08. The number of rotatable bonds is 3. The van der Waals surface area contributed by atoms with E-state index < -0.39 is 0 Å². The molecule has 0 spiro atoms. The summed E-state index contributed by atoms with van der Waals surface area (Å²) in [5, 5.41) is 10.7. The van der Waals surface area contributed by atoms with Gasteiger partial charge in [-0.3, -0.25) is 9.88 Å². The van der Waals surface area contributed by atoms with Crippen LogP contribution >= 0.6 is 0 Å². The lowest BCUT2D eigenvalue weighted by molar-refractivity contribution is 0.130. The van der Waals surface area contributed by atoms with Gasteiger partial charge in [-0.05, 0) is 19.4 Å². The highest BCUT2D eigenvalue weighted by atomic mass is 16.5. The number of aromatic nitrogens is 4. The molecule has 7 nitrogen and oxygen atoms in total. The number of H-pyrrole nitrogens is 2. The summed E-state index contributed by atoms with van der Waals surface area (Å²) in [5.41, 5.74) is 0.631. The zero-order valence-electron chi connectivity index (χ0n) is 13.3. The summed E-state index contributed by atoms with van der Waals surface area (Å²) >= 11 is 0. The van der Waals surface area contributed by atoms with Crippen molar-refractivity contribution in [2.75, 3.05) is 6.54 Å². The van der Waals surface area contributed by atoms with Crippen molar-refractivity contribution in [1.82, 2.24) is 25.2 Å². The van der Waals surface area contributed by atoms with Gasteiger partial charge in [-0.2, -0.15) is 5.10 Å². The molecule has 1 aliphatic rings. The molecule has 0 bridgehead atoms. The molecule has 1 unspecified atom stereocenters. The van der Waals surface area contributed by atoms with Crippen molar-refractivity contribution >= 4 is 0 Å². The van der Waals surface area contributed by atoms with E-state index in [-0.39, 0.29) is 17.1 Å². The van der Waals surface area contributed by atoms with Gasteiger partial charge in [0, 0.05) is 18.0 Å². The molecule has 2 N–H and O–H groups in total. The molecule has 22 heavy (non-hydrogen) atoms. The normalized spacial score (nSPS) is 20.4. The zero-order valence-corrected chi connectivity index (χ0v) is 13.3. The number of hydrogen-bond donors (Lipinski definition) is 2. The maximum absolute atomic E-state index is 11.3. The van der Waals surface area contributed by atoms with Crippen molar-refractivity contribution < 1.29 is 4.52 Å². The van der Waals surface area contributed by atoms with E-state index in [1.54, 1.807) is 0 Å². The molecular weight excluding hydrogens is 282 g/mol. The van der Waals surface area contributed by atoms with Gasteiger partial charge in [-0.25, -0.2) is 9.89 Å². The minimum absolute atomic E-state index is 0.0417. The van der Waals surface area contributed by atoms with Gasteiger partial charge in [0.2, 0.25) is 0 Å². The Labute approximate surface area is 129 Å². The van der Waals surface area contributed by atoms with Gasteiger partial charge in [-0.15, -0.1) is 0 Å². The molecule has 0 saturated carbocycles. The molecule has 120 valence electrons. The van der Waals surface area contributed by atoms with Crippen LogP contribution in [0.4, 0.5) is 0 Å². The topological polar surface area (TPSA) is 90.8 Å². The van der Waals surface area contributed by atoms with Crippen LogP contribution in [0.1, 0.15) is 63.4 Å². The Morgan fingerprint density at radius 3 is 2.86 bits per heavy atom. The molecule has 1 fully saturated rings. The molecular formula is C15H23N5O2. The van der Waals surface area contributed by atoms with E-state index in [1.165, 1.54) is 0 Å². The largest absolute Gasteiger partial charge is 0.361 e. The minimum atomic E-state index is -0.253. The first-order valence-electron chi connectivity index (χ1n) is 7.78. The van der Waals surface area contributed by atoms with Crippen molar-refractivity contribution in [2.24, 2.45) is 0 Å². The Morgan fingerprint density at radius 1 is 1.41 bits per heavy atom. The molecule has 7 heteroatoms. The van der Waals surface area contributed by atoms with Gasteiger partial charge in [-0.1, -0.05) is 32.3 Å². The third-order valence-electron chi connectivity index (χ3n) is 4.11. The maximum Gasteiger partial charge on any atom is 0.340 e. The second kappa shape index (κ2) is 5.72. The summed E-state index contributed by atoms with van der Waals surface area (Å²) in [7, 11) is 0. The maximum atomic E-state index is 11.3. The highest BCUT2D eigenvalue weighted by Crippen LogP contribution is 2.30. The quantitative estimate of drug-likeness (QED) is 0.906. The van der Waals surface area contributed by atoms with E-state index >= 15 is 0 Å². The minimum Gasteiger partial charge on any atom is -0.361 e. The zero-order chi connectivity index (χ0) is 15.7. The lowest BCUT2D eigenvalue weighted by atomic mass is 9.93. The molecule has 1 saturated heterocycles. The second-order valence-corrected chi connectivity index (χ2v) is 6.98. The summed E-state index contributed by atoms with van der Waals surface area (Å²) in [6, 6.07) is 2.15. The van der Waals surface area contributed by atoms with E-state index in [0.29, 0.717) is 12.4 Å². The predicted octanol–water partition coefficient (Wildman–Crippen LogP) is 2.11. The van der Waals surface area contributed by atoms with E-state index in [4.69, 9.17) is 4.52 Å². The smallest absolute Gasteiger partial charge is 0.340 e. The van der Waals surface area contributed by atoms with Crippen molar-refractivity contribution in [2.45, 2.75) is 58.0 Å². The highest BCUT2D eigenvalue weighted by molar-refractivity contribution is 5.13. The molecule has 2 aromatic rings. The third-order valence-corrected chi connectivity index (χ3v) is 4.11. The van der Waals surface area contributed by atoms with E-state index in [0.717, 1.165) is 37.3 Å². The van der Waals surface area contributed by atoms with Gasteiger partial charge < -0.3 is 4.52 Å². The Bertz CT molecular complexity index is 678. The van der Waals surface area contributed by atoms with Crippen LogP contribution in [0.15, 0.2) is 15.4 Å². The average molecular weight is 305 g/mol. The van der Waals surface area contributed by atoms with E-state index in [1.807, 2.05) is 6.07 Å². The Morgan fingerprint density at radius 2 is 2.23 bits per heavy atom. The number of nitrogens with zero attached hydrogens (tertiary/aromatic N) is 3. The number of likely N-dealkylation sites (tertiary alicyclic amines) is 1. The number of piperidine rings is 1. The van der Waals surface area contributed by atoms with Gasteiger partial charge >= 0.3 is 5.69 Å². The van der Waals surface area contributed by atoms with E-state index in [2.05, 4.69) is 46.0 Å². The fourth-order valence-corrected chi connectivity index (χ4v) is 2.88. The fourth-order valence-electron chi connectivity index (χ4n) is 2.88. The van der Waals surface area contributed by atoms with Crippen LogP contribution in [-0.2, 0) is 12.0 Å². The van der Waals surface area contributed by atoms with Crippen molar-refractivity contribution in [1.29, 1.82) is 0 Å². The summed E-state index contributed by atoms with van der Waals surface area (Å²) in [4.78, 5) is 16.4. The van der Waals surface area contributed by atoms with Crippen molar-refractivity contribution in [3.8, 4) is 0 Å². The van der Waals surface area contributed by atoms with Crippen molar-refractivity contribution in [3.63, 3.8) is 0 Å². The lowest BCUT2D eigenvalue weighted by Crippen LogP contribution is -2.33. The first-order valence-corrected chi connectivity index (χ1v) is 7.78. The molecule has 2 aromatic heterocycles. The molecule has 0 radical (unpaired) electrons. The van der Waals surface area contributed by atoms with Gasteiger partial charge in [0.05, 0.1) is 11.7 Å². The molecule has 0 aromatic carbocycles. The monoisotopic (exact) mass is 305 g/mol. The molecule has 3 heterocycles. The van der Waals surface area contributed by atoms with Crippen LogP contribution < -0.4 is 5.69 Å². The Hall–Kier alpha value is -1.89. The van der Waals surface area contributed by atoms with Crippen LogP contribution in [0.5, 0.6) is 0 Å². The number of nitrogens with one attached hydrogen (secondary N) is 2. The molecule has 0 aliphatic carbocycles. The summed E-state index contributed by atoms with van der Waals surface area (Å²) < 4.78 is 5.46. The summed E-state index contributed by atoms with van der Waals surface area (Å²) in [5.74, 6) is 1.61. The highest BCUT2D eigenvalue weighted by Gasteiger charge is 2.28. The van der Waals surface area contributed by atoms with E-state index in [9.17, 15) is 4.79 Å². The number of hydrogen-bond acceptors (Lipinski definition) is 5. The standard InChI is InChI=1S/C15H23N5O2/c1-15(2,3)12-8-10(19-22-12)9-20-7-5-4-6-11(20)13-16-14(21)18-17-13/h8,11H,4-7,9H2,1-3H3,(H2,16,17,18,21). The molecule has 0 amide bonds. The molecule has 1 atom stereocenters. The second-order valence-electron chi connectivity index (χ2n) is 6.98.